The van der Waals surface area contributed by atoms with E-state index in [1.807, 2.05) is 12.1 Å². The van der Waals surface area contributed by atoms with E-state index >= 15 is 0 Å². The highest BCUT2D eigenvalue weighted by atomic mass is 35.5. The van der Waals surface area contributed by atoms with Gasteiger partial charge in [-0.15, -0.1) is 0 Å². The highest BCUT2D eigenvalue weighted by Gasteiger charge is 2.30. The zero-order valence-corrected chi connectivity index (χ0v) is 13.4. The van der Waals surface area contributed by atoms with E-state index in [1.165, 1.54) is 5.56 Å². The summed E-state index contributed by atoms with van der Waals surface area (Å²) >= 11 is 12.4. The molecule has 4 heteroatoms. The molecule has 1 N–H and O–H groups in total. The Morgan fingerprint density at radius 1 is 1.21 bits per heavy atom. The number of nitrogens with one attached hydrogen (secondary N) is 1. The van der Waals surface area contributed by atoms with Crippen LogP contribution < -0.4 is 5.32 Å². The van der Waals surface area contributed by atoms with Crippen LogP contribution in [0.2, 0.25) is 10.0 Å². The second-order valence-electron chi connectivity index (χ2n) is 4.78. The van der Waals surface area contributed by atoms with Crippen LogP contribution in [0.4, 0.5) is 0 Å². The molecule has 0 aliphatic heterocycles. The molecule has 0 saturated carbocycles. The van der Waals surface area contributed by atoms with Gasteiger partial charge in [-0.2, -0.15) is 0 Å². The second-order valence-corrected chi connectivity index (χ2v) is 5.62. The summed E-state index contributed by atoms with van der Waals surface area (Å²) in [6.07, 6.45) is 2.07. The van der Waals surface area contributed by atoms with E-state index in [0.29, 0.717) is 5.02 Å². The SMILES string of the molecule is CCC(CC)(CNCCOC)c1ccc(Cl)cc1Cl. The summed E-state index contributed by atoms with van der Waals surface area (Å²) in [5.41, 5.74) is 1.23. The van der Waals surface area contributed by atoms with Crippen molar-refractivity contribution in [2.75, 3.05) is 26.8 Å². The van der Waals surface area contributed by atoms with Crippen LogP contribution in [-0.2, 0) is 10.2 Å². The van der Waals surface area contributed by atoms with Gasteiger partial charge in [-0.05, 0) is 30.5 Å². The molecule has 0 radical (unpaired) electrons. The molecule has 0 amide bonds. The van der Waals surface area contributed by atoms with Gasteiger partial charge in [0.15, 0.2) is 0 Å². The van der Waals surface area contributed by atoms with Gasteiger partial charge in [0, 0.05) is 35.7 Å². The third-order valence-electron chi connectivity index (χ3n) is 3.80. The molecule has 0 bridgehead atoms. The zero-order chi connectivity index (χ0) is 14.3. The first kappa shape index (κ1) is 16.8. The van der Waals surface area contributed by atoms with Gasteiger partial charge in [-0.25, -0.2) is 0 Å². The van der Waals surface area contributed by atoms with Gasteiger partial charge in [-0.3, -0.25) is 0 Å². The minimum absolute atomic E-state index is 0.0510. The molecule has 2 nitrogen and oxygen atoms in total. The van der Waals surface area contributed by atoms with Crippen LogP contribution >= 0.6 is 23.2 Å². The smallest absolute Gasteiger partial charge is 0.0587 e. The molecule has 1 rings (SSSR count). The third-order valence-corrected chi connectivity index (χ3v) is 4.35. The fourth-order valence-corrected chi connectivity index (χ4v) is 3.01. The summed E-state index contributed by atoms with van der Waals surface area (Å²) in [7, 11) is 1.71. The monoisotopic (exact) mass is 303 g/mol. The van der Waals surface area contributed by atoms with Crippen molar-refractivity contribution < 1.29 is 4.74 Å². The molecule has 0 spiro atoms. The lowest BCUT2D eigenvalue weighted by Gasteiger charge is -2.33. The molecule has 0 aliphatic carbocycles. The average molecular weight is 304 g/mol. The van der Waals surface area contributed by atoms with Gasteiger partial charge in [0.1, 0.15) is 0 Å². The zero-order valence-electron chi connectivity index (χ0n) is 11.9. The van der Waals surface area contributed by atoms with Crippen LogP contribution in [0.5, 0.6) is 0 Å². The lowest BCUT2D eigenvalue weighted by molar-refractivity contribution is 0.195. The van der Waals surface area contributed by atoms with Crippen molar-refractivity contribution in [1.29, 1.82) is 0 Å². The van der Waals surface area contributed by atoms with Gasteiger partial charge in [-0.1, -0.05) is 43.1 Å². The highest BCUT2D eigenvalue weighted by molar-refractivity contribution is 6.35. The van der Waals surface area contributed by atoms with Gasteiger partial charge in [0.25, 0.3) is 0 Å². The molecule has 19 heavy (non-hydrogen) atoms. The Bertz CT molecular complexity index is 392. The third kappa shape index (κ3) is 4.35. The Kier molecular flexibility index (Phi) is 7.16. The summed E-state index contributed by atoms with van der Waals surface area (Å²) in [6, 6.07) is 5.79. The molecule has 108 valence electrons. The molecular weight excluding hydrogens is 281 g/mol. The summed E-state index contributed by atoms with van der Waals surface area (Å²) < 4.78 is 5.06. The average Bonchev–Trinajstić information content (AvgIpc) is 2.41. The van der Waals surface area contributed by atoms with E-state index in [-0.39, 0.29) is 5.41 Å². The molecule has 1 aromatic carbocycles. The number of benzene rings is 1. The van der Waals surface area contributed by atoms with Crippen LogP contribution in [0.1, 0.15) is 32.3 Å². The number of rotatable bonds is 8. The van der Waals surface area contributed by atoms with Crippen molar-refractivity contribution >= 4 is 23.2 Å². The van der Waals surface area contributed by atoms with E-state index in [1.54, 1.807) is 7.11 Å². The van der Waals surface area contributed by atoms with Crippen molar-refractivity contribution in [2.24, 2.45) is 0 Å². The fourth-order valence-electron chi connectivity index (χ4n) is 2.40. The van der Waals surface area contributed by atoms with Crippen molar-refractivity contribution in [1.82, 2.24) is 5.32 Å². The lowest BCUT2D eigenvalue weighted by atomic mass is 9.75. The maximum Gasteiger partial charge on any atom is 0.0587 e. The van der Waals surface area contributed by atoms with Crippen LogP contribution in [0.15, 0.2) is 18.2 Å². The van der Waals surface area contributed by atoms with Gasteiger partial charge >= 0.3 is 0 Å². The first-order valence-electron chi connectivity index (χ1n) is 6.74. The minimum Gasteiger partial charge on any atom is -0.383 e. The lowest BCUT2D eigenvalue weighted by Crippen LogP contribution is -2.38. The molecule has 0 aromatic heterocycles. The summed E-state index contributed by atoms with van der Waals surface area (Å²) in [5.74, 6) is 0. The second kappa shape index (κ2) is 8.11. The Morgan fingerprint density at radius 3 is 2.42 bits per heavy atom. The number of hydrogen-bond acceptors (Lipinski definition) is 2. The molecular formula is C15H23Cl2NO. The van der Waals surface area contributed by atoms with E-state index in [9.17, 15) is 0 Å². The predicted molar refractivity (Wildman–Crippen MR) is 83.5 cm³/mol. The fraction of sp³-hybridized carbons (Fsp3) is 0.600. The number of halogens is 2. The van der Waals surface area contributed by atoms with Crippen molar-refractivity contribution in [3.8, 4) is 0 Å². The molecule has 1 aromatic rings. The van der Waals surface area contributed by atoms with Gasteiger partial charge in [0.2, 0.25) is 0 Å². The molecule has 0 saturated heterocycles. The van der Waals surface area contributed by atoms with E-state index in [0.717, 1.165) is 37.6 Å². The normalized spacial score (nSPS) is 11.8. The summed E-state index contributed by atoms with van der Waals surface area (Å²) in [4.78, 5) is 0. The maximum atomic E-state index is 6.37. The Morgan fingerprint density at radius 2 is 1.89 bits per heavy atom. The molecule has 0 atom stereocenters. The van der Waals surface area contributed by atoms with Crippen molar-refractivity contribution in [3.05, 3.63) is 33.8 Å². The van der Waals surface area contributed by atoms with Crippen molar-refractivity contribution in [3.63, 3.8) is 0 Å². The number of methoxy groups -OCH3 is 1. The molecule has 0 unspecified atom stereocenters. The number of hydrogen-bond donors (Lipinski definition) is 1. The van der Waals surface area contributed by atoms with E-state index in [4.69, 9.17) is 27.9 Å². The predicted octanol–water partition coefficient (Wildman–Crippen LogP) is 4.29. The van der Waals surface area contributed by atoms with Crippen LogP contribution in [0.25, 0.3) is 0 Å². The van der Waals surface area contributed by atoms with Crippen LogP contribution in [-0.4, -0.2) is 26.8 Å². The quantitative estimate of drug-likeness (QED) is 0.724. The van der Waals surface area contributed by atoms with E-state index < -0.39 is 0 Å². The van der Waals surface area contributed by atoms with Gasteiger partial charge in [0.05, 0.1) is 6.61 Å². The molecule has 0 fully saturated rings. The topological polar surface area (TPSA) is 21.3 Å². The molecule has 0 aliphatic rings. The van der Waals surface area contributed by atoms with Crippen LogP contribution in [0.3, 0.4) is 0 Å². The first-order chi connectivity index (χ1) is 9.09. The van der Waals surface area contributed by atoms with Crippen LogP contribution in [0, 0.1) is 0 Å². The summed E-state index contributed by atoms with van der Waals surface area (Å²) in [6.45, 7) is 6.87. The highest BCUT2D eigenvalue weighted by Crippen LogP contribution is 2.36. The minimum atomic E-state index is 0.0510. The van der Waals surface area contributed by atoms with E-state index in [2.05, 4.69) is 25.2 Å². The Hall–Kier alpha value is -0.280. The standard InChI is InChI=1S/C15H23Cl2NO/c1-4-15(5-2,11-18-8-9-19-3)13-7-6-12(16)10-14(13)17/h6-7,10,18H,4-5,8-9,11H2,1-3H3. The Balaban J connectivity index is 2.90. The van der Waals surface area contributed by atoms with Gasteiger partial charge < -0.3 is 10.1 Å². The molecule has 0 heterocycles. The Labute approximate surface area is 126 Å². The first-order valence-corrected chi connectivity index (χ1v) is 7.50. The summed E-state index contributed by atoms with van der Waals surface area (Å²) in [5, 5.41) is 4.89. The van der Waals surface area contributed by atoms with Crippen molar-refractivity contribution in [2.45, 2.75) is 32.1 Å². The number of ether oxygens (including phenoxy) is 1. The largest absolute Gasteiger partial charge is 0.383 e. The maximum absolute atomic E-state index is 6.37.